The minimum absolute atomic E-state index is 0.121. The second-order valence-corrected chi connectivity index (χ2v) is 7.67. The molecule has 1 aromatic rings. The summed E-state index contributed by atoms with van der Waals surface area (Å²) in [6.07, 6.45) is 1.45. The van der Waals surface area contributed by atoms with Gasteiger partial charge < -0.3 is 14.8 Å². The third-order valence-corrected chi connectivity index (χ3v) is 4.56. The number of carbonyl (C=O) groups is 2. The number of alkyl carbamates (subject to hydrolysis) is 1. The zero-order valence-corrected chi connectivity index (χ0v) is 15.0. The minimum atomic E-state index is -0.518. The first-order valence-electron chi connectivity index (χ1n) is 8.82. The number of nitrogens with one attached hydrogen (secondary N) is 1. The number of fused-ring (bicyclic) bond motifs is 1. The molecule has 6 nitrogen and oxygen atoms in total. The van der Waals surface area contributed by atoms with Crippen LogP contribution in [0.15, 0.2) is 30.3 Å². The van der Waals surface area contributed by atoms with E-state index < -0.39 is 11.7 Å². The second kappa shape index (κ2) is 7.04. The molecule has 1 N–H and O–H groups in total. The Morgan fingerprint density at radius 3 is 2.68 bits per heavy atom. The molecule has 3 unspecified atom stereocenters. The summed E-state index contributed by atoms with van der Waals surface area (Å²) in [5.41, 5.74) is 0.444. The van der Waals surface area contributed by atoms with Gasteiger partial charge in [0.05, 0.1) is 6.42 Å². The Hall–Kier alpha value is -2.08. The van der Waals surface area contributed by atoms with Crippen molar-refractivity contribution in [2.45, 2.75) is 63.9 Å². The molecular formula is C19H26N2O4. The number of amides is 1. The van der Waals surface area contributed by atoms with Gasteiger partial charge in [-0.1, -0.05) is 30.3 Å². The molecule has 0 aliphatic carbocycles. The molecule has 0 radical (unpaired) electrons. The van der Waals surface area contributed by atoms with Gasteiger partial charge in [-0.3, -0.25) is 9.69 Å². The van der Waals surface area contributed by atoms with Crippen molar-refractivity contribution in [3.8, 4) is 0 Å². The summed E-state index contributed by atoms with van der Waals surface area (Å²) in [5, 5.41) is 2.85. The lowest BCUT2D eigenvalue weighted by molar-refractivity contribution is -0.178. The number of hydrogen-bond donors (Lipinski definition) is 1. The topological polar surface area (TPSA) is 67.9 Å². The molecule has 6 heteroatoms. The Morgan fingerprint density at radius 2 is 2.00 bits per heavy atom. The summed E-state index contributed by atoms with van der Waals surface area (Å²) in [4.78, 5) is 26.2. The second-order valence-electron chi connectivity index (χ2n) is 7.67. The van der Waals surface area contributed by atoms with Crippen LogP contribution in [0.2, 0.25) is 0 Å². The maximum atomic E-state index is 12.0. The fourth-order valence-corrected chi connectivity index (χ4v) is 3.58. The van der Waals surface area contributed by atoms with Crippen molar-refractivity contribution in [1.82, 2.24) is 10.2 Å². The van der Waals surface area contributed by atoms with E-state index in [-0.39, 0.29) is 24.3 Å². The van der Waals surface area contributed by atoms with Gasteiger partial charge in [-0.2, -0.15) is 0 Å². The van der Waals surface area contributed by atoms with Gasteiger partial charge in [0.25, 0.3) is 0 Å². The van der Waals surface area contributed by atoms with E-state index in [9.17, 15) is 9.59 Å². The molecule has 0 aromatic heterocycles. The van der Waals surface area contributed by atoms with Crippen LogP contribution in [-0.4, -0.2) is 41.2 Å². The predicted molar refractivity (Wildman–Crippen MR) is 92.8 cm³/mol. The highest BCUT2D eigenvalue weighted by molar-refractivity contribution is 5.71. The fraction of sp³-hybridized carbons (Fsp3) is 0.579. The molecule has 136 valence electrons. The average molecular weight is 346 g/mol. The van der Waals surface area contributed by atoms with E-state index in [1.165, 1.54) is 0 Å². The molecule has 3 rings (SSSR count). The molecule has 1 amide bonds. The largest absolute Gasteiger partial charge is 0.444 e. The van der Waals surface area contributed by atoms with Crippen molar-refractivity contribution in [2.24, 2.45) is 0 Å². The quantitative estimate of drug-likeness (QED) is 0.852. The lowest BCUT2D eigenvalue weighted by atomic mass is 10.1. The number of benzene rings is 1. The molecule has 2 aliphatic heterocycles. The highest BCUT2D eigenvalue weighted by Gasteiger charge is 2.45. The predicted octanol–water partition coefficient (Wildman–Crippen LogP) is 2.99. The number of cyclic esters (lactones) is 1. The average Bonchev–Trinajstić information content (AvgIpc) is 2.94. The third kappa shape index (κ3) is 4.31. The van der Waals surface area contributed by atoms with Crippen molar-refractivity contribution in [3.63, 3.8) is 0 Å². The summed E-state index contributed by atoms with van der Waals surface area (Å²) in [6.45, 7) is 6.00. The third-order valence-electron chi connectivity index (χ3n) is 4.56. The molecule has 0 bridgehead atoms. The van der Waals surface area contributed by atoms with Crippen molar-refractivity contribution in [1.29, 1.82) is 0 Å². The molecule has 25 heavy (non-hydrogen) atoms. The van der Waals surface area contributed by atoms with Crippen LogP contribution in [0.4, 0.5) is 4.79 Å². The summed E-state index contributed by atoms with van der Waals surface area (Å²) in [5.74, 6) is -0.157. The molecular weight excluding hydrogens is 320 g/mol. The molecule has 2 aliphatic rings. The minimum Gasteiger partial charge on any atom is -0.444 e. The summed E-state index contributed by atoms with van der Waals surface area (Å²) in [6, 6.07) is 10.0. The number of ether oxygens (including phenoxy) is 2. The zero-order valence-electron chi connectivity index (χ0n) is 15.0. The van der Waals surface area contributed by atoms with Gasteiger partial charge in [0.15, 0.2) is 6.23 Å². The first-order chi connectivity index (χ1) is 11.8. The normalized spacial score (nSPS) is 26.7. The van der Waals surface area contributed by atoms with Crippen molar-refractivity contribution in [3.05, 3.63) is 35.9 Å². The van der Waals surface area contributed by atoms with E-state index in [0.717, 1.165) is 18.4 Å². The Balaban J connectivity index is 1.69. The summed E-state index contributed by atoms with van der Waals surface area (Å²) in [7, 11) is 0. The van der Waals surface area contributed by atoms with Crippen LogP contribution in [0.3, 0.4) is 0 Å². The highest BCUT2D eigenvalue weighted by atomic mass is 16.6. The Kier molecular flexibility index (Phi) is 4.99. The van der Waals surface area contributed by atoms with Gasteiger partial charge in [0.1, 0.15) is 5.60 Å². The van der Waals surface area contributed by atoms with E-state index in [4.69, 9.17) is 9.47 Å². The monoisotopic (exact) mass is 346 g/mol. The fourth-order valence-electron chi connectivity index (χ4n) is 3.58. The SMILES string of the molecule is CC(C)(C)OC(=O)NCC1CCC2CC(=O)OC(c3ccccc3)N12. The Morgan fingerprint density at radius 1 is 1.28 bits per heavy atom. The molecule has 1 aromatic carbocycles. The smallest absolute Gasteiger partial charge is 0.407 e. The van der Waals surface area contributed by atoms with E-state index in [0.29, 0.717) is 13.0 Å². The van der Waals surface area contributed by atoms with Gasteiger partial charge in [-0.15, -0.1) is 0 Å². The summed E-state index contributed by atoms with van der Waals surface area (Å²) >= 11 is 0. The van der Waals surface area contributed by atoms with Gasteiger partial charge >= 0.3 is 12.1 Å². The number of carbonyl (C=O) groups excluding carboxylic acids is 2. The van der Waals surface area contributed by atoms with Crippen LogP contribution in [-0.2, 0) is 14.3 Å². The van der Waals surface area contributed by atoms with Gasteiger partial charge in [0.2, 0.25) is 0 Å². The lowest BCUT2D eigenvalue weighted by Crippen LogP contribution is -2.50. The molecule has 2 heterocycles. The number of esters is 1. The molecule has 2 saturated heterocycles. The van der Waals surface area contributed by atoms with E-state index in [2.05, 4.69) is 10.2 Å². The van der Waals surface area contributed by atoms with Crippen molar-refractivity contribution >= 4 is 12.1 Å². The van der Waals surface area contributed by atoms with Gasteiger partial charge in [0, 0.05) is 24.2 Å². The van der Waals surface area contributed by atoms with E-state index in [1.807, 2.05) is 51.1 Å². The standard InChI is InChI=1S/C19H26N2O4/c1-19(2,3)25-18(23)20-12-15-10-9-14-11-16(22)24-17(21(14)15)13-7-5-4-6-8-13/h4-8,14-15,17H,9-12H2,1-3H3,(H,20,23). The molecule has 0 spiro atoms. The van der Waals surface area contributed by atoms with Gasteiger partial charge in [-0.05, 0) is 33.6 Å². The first kappa shape index (κ1) is 17.7. The van der Waals surface area contributed by atoms with Crippen LogP contribution in [0, 0.1) is 0 Å². The zero-order chi connectivity index (χ0) is 18.0. The van der Waals surface area contributed by atoms with E-state index in [1.54, 1.807) is 0 Å². The number of rotatable bonds is 3. The molecule has 0 saturated carbocycles. The molecule has 3 atom stereocenters. The van der Waals surface area contributed by atoms with Crippen LogP contribution in [0.1, 0.15) is 51.8 Å². The lowest BCUT2D eigenvalue weighted by Gasteiger charge is -2.40. The van der Waals surface area contributed by atoms with E-state index >= 15 is 0 Å². The maximum Gasteiger partial charge on any atom is 0.407 e. The maximum absolute atomic E-state index is 12.0. The van der Waals surface area contributed by atoms with Crippen molar-refractivity contribution < 1.29 is 19.1 Å². The first-order valence-corrected chi connectivity index (χ1v) is 8.82. The van der Waals surface area contributed by atoms with Crippen LogP contribution >= 0.6 is 0 Å². The van der Waals surface area contributed by atoms with Crippen LogP contribution < -0.4 is 5.32 Å². The summed E-state index contributed by atoms with van der Waals surface area (Å²) < 4.78 is 11.0. The van der Waals surface area contributed by atoms with Crippen LogP contribution in [0.5, 0.6) is 0 Å². The number of nitrogens with zero attached hydrogens (tertiary/aromatic N) is 1. The Bertz CT molecular complexity index is 626. The highest BCUT2D eigenvalue weighted by Crippen LogP contribution is 2.39. The molecule has 2 fully saturated rings. The number of hydrogen-bond acceptors (Lipinski definition) is 5. The van der Waals surface area contributed by atoms with Crippen LogP contribution in [0.25, 0.3) is 0 Å². The van der Waals surface area contributed by atoms with Crippen molar-refractivity contribution in [2.75, 3.05) is 6.54 Å². The Labute approximate surface area is 148 Å². The van der Waals surface area contributed by atoms with Gasteiger partial charge in [-0.25, -0.2) is 4.79 Å².